The molecule has 0 spiro atoms. The van der Waals surface area contributed by atoms with Crippen LogP contribution in [0.15, 0.2) is 0 Å². The van der Waals surface area contributed by atoms with Crippen LogP contribution < -0.4 is 5.32 Å². The Hall–Kier alpha value is -0.0800. The molecule has 1 saturated heterocycles. The third-order valence-electron chi connectivity index (χ3n) is 5.58. The lowest BCUT2D eigenvalue weighted by Crippen LogP contribution is -2.48. The van der Waals surface area contributed by atoms with Crippen LogP contribution in [0.3, 0.4) is 0 Å². The first kappa shape index (κ1) is 16.3. The van der Waals surface area contributed by atoms with Gasteiger partial charge in [0, 0.05) is 18.6 Å². The molecule has 2 nitrogen and oxygen atoms in total. The van der Waals surface area contributed by atoms with E-state index in [9.17, 15) is 0 Å². The van der Waals surface area contributed by atoms with Gasteiger partial charge in [0.15, 0.2) is 0 Å². The second-order valence-electron chi connectivity index (χ2n) is 7.45. The molecule has 2 fully saturated rings. The van der Waals surface area contributed by atoms with Crippen LogP contribution >= 0.6 is 0 Å². The molecule has 1 heterocycles. The Bertz CT molecular complexity index is 250. The summed E-state index contributed by atoms with van der Waals surface area (Å²) in [5.41, 5.74) is 0. The molecule has 1 saturated carbocycles. The fourth-order valence-electron chi connectivity index (χ4n) is 4.21. The first-order chi connectivity index (χ1) is 9.70. The van der Waals surface area contributed by atoms with Gasteiger partial charge in [-0.2, -0.15) is 0 Å². The molecule has 1 N–H and O–H groups in total. The second-order valence-corrected chi connectivity index (χ2v) is 7.45. The Morgan fingerprint density at radius 2 is 1.80 bits per heavy atom. The van der Waals surface area contributed by atoms with Crippen LogP contribution in [0.1, 0.15) is 72.1 Å². The summed E-state index contributed by atoms with van der Waals surface area (Å²) < 4.78 is 0. The van der Waals surface area contributed by atoms with Gasteiger partial charge in [0.05, 0.1) is 0 Å². The van der Waals surface area contributed by atoms with Crippen LogP contribution in [0.4, 0.5) is 0 Å². The highest BCUT2D eigenvalue weighted by molar-refractivity contribution is 4.84. The van der Waals surface area contributed by atoms with Crippen LogP contribution in [0.2, 0.25) is 0 Å². The minimum atomic E-state index is 0.762. The predicted molar refractivity (Wildman–Crippen MR) is 88.1 cm³/mol. The van der Waals surface area contributed by atoms with Gasteiger partial charge < -0.3 is 5.32 Å². The van der Waals surface area contributed by atoms with Crippen molar-refractivity contribution in [2.45, 2.75) is 84.2 Å². The van der Waals surface area contributed by atoms with Gasteiger partial charge in [-0.3, -0.25) is 4.90 Å². The van der Waals surface area contributed by atoms with E-state index in [1.807, 2.05) is 0 Å². The van der Waals surface area contributed by atoms with Gasteiger partial charge in [-0.1, -0.05) is 27.2 Å². The van der Waals surface area contributed by atoms with Gasteiger partial charge >= 0.3 is 0 Å². The highest BCUT2D eigenvalue weighted by atomic mass is 15.2. The Kier molecular flexibility index (Phi) is 6.83. The molecule has 0 amide bonds. The summed E-state index contributed by atoms with van der Waals surface area (Å²) in [6, 6.07) is 1.63. The summed E-state index contributed by atoms with van der Waals surface area (Å²) in [5.74, 6) is 1.87. The van der Waals surface area contributed by atoms with E-state index < -0.39 is 0 Å². The van der Waals surface area contributed by atoms with Gasteiger partial charge in [0.25, 0.3) is 0 Å². The largest absolute Gasteiger partial charge is 0.313 e. The minimum absolute atomic E-state index is 0.762. The van der Waals surface area contributed by atoms with Crippen molar-refractivity contribution >= 4 is 0 Å². The Morgan fingerprint density at radius 1 is 1.05 bits per heavy atom. The average molecular weight is 281 g/mol. The number of rotatable bonds is 6. The molecule has 1 aliphatic carbocycles. The standard InChI is InChI=1S/C18H36N2/c1-4-13-20(14-17-7-5-6-12-19-17)18-10-8-16(9-11-18)15(2)3/h15-19H,4-14H2,1-3H3. The predicted octanol–water partition coefficient (Wildman–Crippen LogP) is 4.06. The zero-order valence-corrected chi connectivity index (χ0v) is 14.0. The normalized spacial score (nSPS) is 31.9. The summed E-state index contributed by atoms with van der Waals surface area (Å²) in [4.78, 5) is 2.82. The van der Waals surface area contributed by atoms with E-state index in [0.29, 0.717) is 0 Å². The van der Waals surface area contributed by atoms with Crippen molar-refractivity contribution in [3.8, 4) is 0 Å². The van der Waals surface area contributed by atoms with Crippen molar-refractivity contribution in [3.05, 3.63) is 0 Å². The van der Waals surface area contributed by atoms with E-state index >= 15 is 0 Å². The number of nitrogens with zero attached hydrogens (tertiary/aromatic N) is 1. The number of nitrogens with one attached hydrogen (secondary N) is 1. The zero-order valence-electron chi connectivity index (χ0n) is 14.0. The third kappa shape index (κ3) is 4.73. The molecule has 2 heteroatoms. The molecular weight excluding hydrogens is 244 g/mol. The molecule has 0 radical (unpaired) electrons. The summed E-state index contributed by atoms with van der Waals surface area (Å²) in [6.07, 6.45) is 11.3. The average Bonchev–Trinajstić information content (AvgIpc) is 2.48. The van der Waals surface area contributed by atoms with Gasteiger partial charge in [-0.15, -0.1) is 0 Å². The SMILES string of the molecule is CCCN(CC1CCCCN1)C1CCC(C(C)C)CC1. The maximum absolute atomic E-state index is 3.73. The Labute approximate surface area is 126 Å². The molecule has 0 aromatic heterocycles. The molecular formula is C18H36N2. The van der Waals surface area contributed by atoms with E-state index in [2.05, 4.69) is 31.0 Å². The van der Waals surface area contributed by atoms with E-state index in [0.717, 1.165) is 23.9 Å². The quantitative estimate of drug-likeness (QED) is 0.789. The van der Waals surface area contributed by atoms with Gasteiger partial charge in [0.1, 0.15) is 0 Å². The fourth-order valence-corrected chi connectivity index (χ4v) is 4.21. The molecule has 2 aliphatic rings. The van der Waals surface area contributed by atoms with Crippen LogP contribution in [-0.2, 0) is 0 Å². The number of piperidine rings is 1. The summed E-state index contributed by atoms with van der Waals surface area (Å²) >= 11 is 0. The molecule has 1 unspecified atom stereocenters. The molecule has 0 aromatic rings. The van der Waals surface area contributed by atoms with Crippen molar-refractivity contribution in [2.24, 2.45) is 11.8 Å². The highest BCUT2D eigenvalue weighted by Gasteiger charge is 2.28. The van der Waals surface area contributed by atoms with Crippen molar-refractivity contribution in [1.82, 2.24) is 10.2 Å². The first-order valence-electron chi connectivity index (χ1n) is 9.18. The fraction of sp³-hybridized carbons (Fsp3) is 1.00. The lowest BCUT2D eigenvalue weighted by Gasteiger charge is -2.40. The van der Waals surface area contributed by atoms with Gasteiger partial charge in [0.2, 0.25) is 0 Å². The molecule has 1 aliphatic heterocycles. The Balaban J connectivity index is 1.82. The highest BCUT2D eigenvalue weighted by Crippen LogP contribution is 2.32. The van der Waals surface area contributed by atoms with Crippen molar-refractivity contribution in [2.75, 3.05) is 19.6 Å². The maximum atomic E-state index is 3.73. The Morgan fingerprint density at radius 3 is 2.35 bits per heavy atom. The minimum Gasteiger partial charge on any atom is -0.313 e. The summed E-state index contributed by atoms with van der Waals surface area (Å²) in [5, 5.41) is 3.73. The van der Waals surface area contributed by atoms with E-state index in [-0.39, 0.29) is 0 Å². The van der Waals surface area contributed by atoms with Gasteiger partial charge in [-0.25, -0.2) is 0 Å². The molecule has 1 atom stereocenters. The maximum Gasteiger partial charge on any atom is 0.0195 e. The second kappa shape index (κ2) is 8.38. The van der Waals surface area contributed by atoms with Crippen molar-refractivity contribution < 1.29 is 0 Å². The van der Waals surface area contributed by atoms with Gasteiger partial charge in [-0.05, 0) is 69.9 Å². The van der Waals surface area contributed by atoms with Crippen LogP contribution in [0.25, 0.3) is 0 Å². The van der Waals surface area contributed by atoms with E-state index in [1.165, 1.54) is 71.0 Å². The topological polar surface area (TPSA) is 15.3 Å². The van der Waals surface area contributed by atoms with Crippen molar-refractivity contribution in [3.63, 3.8) is 0 Å². The summed E-state index contributed by atoms with van der Waals surface area (Å²) in [6.45, 7) is 11.0. The molecule has 0 bridgehead atoms. The number of hydrogen-bond donors (Lipinski definition) is 1. The van der Waals surface area contributed by atoms with Crippen LogP contribution in [-0.4, -0.2) is 36.6 Å². The third-order valence-corrected chi connectivity index (χ3v) is 5.58. The van der Waals surface area contributed by atoms with E-state index in [4.69, 9.17) is 0 Å². The molecule has 0 aromatic carbocycles. The van der Waals surface area contributed by atoms with Crippen LogP contribution in [0, 0.1) is 11.8 Å². The number of hydrogen-bond acceptors (Lipinski definition) is 2. The molecule has 2 rings (SSSR count). The van der Waals surface area contributed by atoms with Crippen LogP contribution in [0.5, 0.6) is 0 Å². The molecule has 20 heavy (non-hydrogen) atoms. The zero-order chi connectivity index (χ0) is 14.4. The first-order valence-corrected chi connectivity index (χ1v) is 9.18. The molecule has 118 valence electrons. The monoisotopic (exact) mass is 280 g/mol. The smallest absolute Gasteiger partial charge is 0.0195 e. The van der Waals surface area contributed by atoms with E-state index in [1.54, 1.807) is 0 Å². The lowest BCUT2D eigenvalue weighted by atomic mass is 9.79. The van der Waals surface area contributed by atoms with Crippen molar-refractivity contribution in [1.29, 1.82) is 0 Å². The lowest BCUT2D eigenvalue weighted by molar-refractivity contribution is 0.108. The summed E-state index contributed by atoms with van der Waals surface area (Å²) in [7, 11) is 0.